The second-order valence-corrected chi connectivity index (χ2v) is 17.3. The Hall–Kier alpha value is -3.85. The van der Waals surface area contributed by atoms with Gasteiger partial charge in [0, 0.05) is 47.9 Å². The minimum Gasteiger partial charge on any atom is -0.481 e. The number of carbonyl (C=O) groups excluding carboxylic acids is 2. The fourth-order valence-corrected chi connectivity index (χ4v) is 9.26. The number of hydrogen-bond donors (Lipinski definition) is 2. The van der Waals surface area contributed by atoms with E-state index in [9.17, 15) is 19.5 Å². The number of carboxylic acid groups (broad SMARTS) is 1. The molecule has 2 atom stereocenters. The molecule has 0 bridgehead atoms. The van der Waals surface area contributed by atoms with E-state index in [0.717, 1.165) is 45.7 Å². The Morgan fingerprint density at radius 1 is 0.941 bits per heavy atom. The van der Waals surface area contributed by atoms with Crippen molar-refractivity contribution in [2.75, 3.05) is 13.1 Å². The molecular formula is C42H54N4O4S. The van der Waals surface area contributed by atoms with E-state index in [2.05, 4.69) is 39.9 Å². The molecule has 1 saturated carbocycles. The van der Waals surface area contributed by atoms with Crippen LogP contribution in [0.25, 0.3) is 17.0 Å². The van der Waals surface area contributed by atoms with Crippen molar-refractivity contribution < 1.29 is 19.5 Å². The van der Waals surface area contributed by atoms with Crippen molar-refractivity contribution in [2.24, 2.45) is 23.7 Å². The molecular weight excluding hydrogens is 657 g/mol. The number of thiophene rings is 1. The zero-order valence-electron chi connectivity index (χ0n) is 30.9. The second kappa shape index (κ2) is 15.8. The fourth-order valence-electron chi connectivity index (χ4n) is 8.30. The van der Waals surface area contributed by atoms with Crippen molar-refractivity contribution in [1.29, 1.82) is 0 Å². The maximum Gasteiger partial charge on any atom is 0.310 e. The van der Waals surface area contributed by atoms with Crippen LogP contribution in [0.4, 0.5) is 0 Å². The zero-order valence-corrected chi connectivity index (χ0v) is 31.7. The topological polar surface area (TPSA) is 112 Å². The Kier molecular flexibility index (Phi) is 11.4. The van der Waals surface area contributed by atoms with Gasteiger partial charge in [-0.05, 0) is 85.5 Å². The first kappa shape index (κ1) is 36.9. The predicted molar refractivity (Wildman–Crippen MR) is 203 cm³/mol. The molecule has 2 unspecified atom stereocenters. The number of rotatable bonds is 11. The number of aliphatic carboxylic acids is 1. The van der Waals surface area contributed by atoms with E-state index in [0.29, 0.717) is 10.7 Å². The molecule has 2 aliphatic carbocycles. The Balaban J connectivity index is 1.10. The lowest BCUT2D eigenvalue weighted by Crippen LogP contribution is -2.59. The summed E-state index contributed by atoms with van der Waals surface area (Å²) in [5, 5.41) is 12.3. The van der Waals surface area contributed by atoms with Crippen molar-refractivity contribution in [3.8, 4) is 11.4 Å². The smallest absolute Gasteiger partial charge is 0.310 e. The molecule has 272 valence electrons. The van der Waals surface area contributed by atoms with Crippen LogP contribution < -0.4 is 5.32 Å². The summed E-state index contributed by atoms with van der Waals surface area (Å²) in [5.74, 6) is 1.23. The quantitative estimate of drug-likeness (QED) is 0.206. The first-order valence-corrected chi connectivity index (χ1v) is 19.7. The largest absolute Gasteiger partial charge is 0.481 e. The van der Waals surface area contributed by atoms with Gasteiger partial charge in [-0.15, -0.1) is 11.3 Å². The number of hydrogen-bond acceptors (Lipinski definition) is 6. The van der Waals surface area contributed by atoms with Crippen molar-refractivity contribution in [1.82, 2.24) is 20.2 Å². The normalized spacial score (nSPS) is 22.0. The molecule has 9 heteroatoms. The first-order chi connectivity index (χ1) is 24.4. The number of carbonyl (C=O) groups is 3. The summed E-state index contributed by atoms with van der Waals surface area (Å²) < 4.78 is 0. The van der Waals surface area contributed by atoms with E-state index in [1.165, 1.54) is 78.7 Å². The van der Waals surface area contributed by atoms with Gasteiger partial charge in [0.15, 0.2) is 5.82 Å². The SMILES string of the molecule is CCCC1CCC(C2CCC(c3cnc(-c4ccc(CC(NC(=O)c5ccc(C(C)(C)C)s5)C(=O)N5CC(C(=O)O)C5)cc4)nc3)=C(C)C2)CC1. The highest BCUT2D eigenvalue weighted by atomic mass is 32.1. The van der Waals surface area contributed by atoms with Gasteiger partial charge in [-0.2, -0.15) is 0 Å². The van der Waals surface area contributed by atoms with E-state index in [-0.39, 0.29) is 36.7 Å². The molecule has 0 spiro atoms. The van der Waals surface area contributed by atoms with Gasteiger partial charge >= 0.3 is 5.97 Å². The number of amides is 2. The van der Waals surface area contributed by atoms with Crippen molar-refractivity contribution in [3.05, 3.63) is 75.2 Å². The summed E-state index contributed by atoms with van der Waals surface area (Å²) in [6.45, 7) is 11.2. The van der Waals surface area contributed by atoms with Gasteiger partial charge in [-0.1, -0.05) is 83.2 Å². The molecule has 2 aromatic heterocycles. The van der Waals surface area contributed by atoms with E-state index in [4.69, 9.17) is 9.97 Å². The first-order valence-electron chi connectivity index (χ1n) is 18.9. The zero-order chi connectivity index (χ0) is 36.3. The molecule has 1 aliphatic heterocycles. The van der Waals surface area contributed by atoms with Crippen LogP contribution in [-0.4, -0.2) is 56.9 Å². The number of benzene rings is 1. The third-order valence-corrected chi connectivity index (χ3v) is 13.0. The summed E-state index contributed by atoms with van der Waals surface area (Å²) in [6.07, 6.45) is 16.1. The minimum atomic E-state index is -0.909. The maximum atomic E-state index is 13.5. The third kappa shape index (κ3) is 8.79. The maximum absolute atomic E-state index is 13.5. The molecule has 0 radical (unpaired) electrons. The number of nitrogens with one attached hydrogen (secondary N) is 1. The Morgan fingerprint density at radius 2 is 1.63 bits per heavy atom. The molecule has 3 aromatic rings. The molecule has 1 aromatic carbocycles. The highest BCUT2D eigenvalue weighted by Gasteiger charge is 2.39. The lowest BCUT2D eigenvalue weighted by atomic mass is 9.69. The van der Waals surface area contributed by atoms with Gasteiger partial charge in [-0.25, -0.2) is 9.97 Å². The minimum absolute atomic E-state index is 0.0873. The molecule has 1 saturated heterocycles. The van der Waals surface area contributed by atoms with Crippen LogP contribution in [0.1, 0.15) is 118 Å². The molecule has 3 heterocycles. The van der Waals surface area contributed by atoms with Gasteiger partial charge in [0.1, 0.15) is 6.04 Å². The Morgan fingerprint density at radius 3 is 2.22 bits per heavy atom. The summed E-state index contributed by atoms with van der Waals surface area (Å²) >= 11 is 1.43. The molecule has 51 heavy (non-hydrogen) atoms. The third-order valence-electron chi connectivity index (χ3n) is 11.5. The molecule has 2 amide bonds. The molecule has 6 rings (SSSR count). The number of allylic oxidation sites excluding steroid dienone is 2. The van der Waals surface area contributed by atoms with Gasteiger partial charge < -0.3 is 15.3 Å². The summed E-state index contributed by atoms with van der Waals surface area (Å²) in [6, 6.07) is 10.7. The van der Waals surface area contributed by atoms with E-state index >= 15 is 0 Å². The molecule has 3 aliphatic rings. The monoisotopic (exact) mass is 710 g/mol. The number of nitrogens with zero attached hydrogens (tertiary/aromatic N) is 3. The van der Waals surface area contributed by atoms with Crippen molar-refractivity contribution in [3.63, 3.8) is 0 Å². The van der Waals surface area contributed by atoms with Gasteiger partial charge in [-0.3, -0.25) is 14.4 Å². The van der Waals surface area contributed by atoms with Crippen molar-refractivity contribution >= 4 is 34.7 Å². The van der Waals surface area contributed by atoms with E-state index < -0.39 is 17.9 Å². The Bertz CT molecular complexity index is 1730. The Labute approximate surface area is 307 Å². The average Bonchev–Trinajstić information content (AvgIpc) is 3.60. The van der Waals surface area contributed by atoms with Crippen molar-refractivity contribution in [2.45, 2.75) is 110 Å². The highest BCUT2D eigenvalue weighted by Crippen LogP contribution is 2.44. The van der Waals surface area contributed by atoms with Crippen LogP contribution in [0.15, 0.2) is 54.4 Å². The van der Waals surface area contributed by atoms with Crippen LogP contribution in [-0.2, 0) is 21.4 Å². The standard InChI is InChI=1S/C42H54N4O4S/c1-6-7-27-8-12-29(13-9-27)31-16-17-34(26(2)20-31)32-22-43-38(44-23-32)30-14-10-28(11-15-30)21-35(40(48)46-24-33(25-46)41(49)50)45-39(47)36-18-19-37(51-36)42(3,4)5/h10-11,14-15,18-19,22-23,27,29,31,33,35H,6-9,12-13,16-17,20-21,24-25H2,1-5H3,(H,45,47)(H,49,50). The molecule has 2 fully saturated rings. The van der Waals surface area contributed by atoms with E-state index in [1.807, 2.05) is 42.7 Å². The number of likely N-dealkylation sites (tertiary alicyclic amines) is 1. The van der Waals surface area contributed by atoms with Crippen LogP contribution in [0.5, 0.6) is 0 Å². The van der Waals surface area contributed by atoms with Crippen LogP contribution in [0.3, 0.4) is 0 Å². The lowest BCUT2D eigenvalue weighted by molar-refractivity contribution is -0.153. The summed E-state index contributed by atoms with van der Waals surface area (Å²) in [5.41, 5.74) is 5.68. The number of carboxylic acids is 1. The average molecular weight is 711 g/mol. The van der Waals surface area contributed by atoms with E-state index in [1.54, 1.807) is 6.07 Å². The second-order valence-electron chi connectivity index (χ2n) is 16.2. The highest BCUT2D eigenvalue weighted by molar-refractivity contribution is 7.14. The molecule has 2 N–H and O–H groups in total. The lowest BCUT2D eigenvalue weighted by Gasteiger charge is -2.38. The van der Waals surface area contributed by atoms with Gasteiger partial charge in [0.25, 0.3) is 5.91 Å². The van der Waals surface area contributed by atoms with Crippen LogP contribution >= 0.6 is 11.3 Å². The fraction of sp³-hybridized carbons (Fsp3) is 0.548. The summed E-state index contributed by atoms with van der Waals surface area (Å²) in [7, 11) is 0. The van der Waals surface area contributed by atoms with Gasteiger partial charge in [0.05, 0.1) is 10.8 Å². The van der Waals surface area contributed by atoms with Crippen LogP contribution in [0.2, 0.25) is 0 Å². The predicted octanol–water partition coefficient (Wildman–Crippen LogP) is 8.57. The van der Waals surface area contributed by atoms with Gasteiger partial charge in [0.2, 0.25) is 5.91 Å². The summed E-state index contributed by atoms with van der Waals surface area (Å²) in [4.78, 5) is 50.9. The number of aromatic nitrogens is 2. The molecule has 8 nitrogen and oxygen atoms in total. The van der Waals surface area contributed by atoms with Crippen LogP contribution in [0, 0.1) is 23.7 Å².